The molecule has 0 atom stereocenters. The summed E-state index contributed by atoms with van der Waals surface area (Å²) in [5.74, 6) is 0.911. The molecule has 0 N–H and O–H groups in total. The highest BCUT2D eigenvalue weighted by molar-refractivity contribution is 8.18. The minimum absolute atomic E-state index is 0.0664. The van der Waals surface area contributed by atoms with Crippen LogP contribution >= 0.6 is 35.0 Å². The number of carbonyl (C=O) groups is 2. The summed E-state index contributed by atoms with van der Waals surface area (Å²) >= 11 is 13.5. The van der Waals surface area contributed by atoms with Gasteiger partial charge in [0.05, 0.1) is 9.93 Å². The Bertz CT molecular complexity index is 1040. The minimum atomic E-state index is -0.290. The molecule has 2 amide bonds. The van der Waals surface area contributed by atoms with Crippen LogP contribution in [-0.2, 0) is 9.59 Å². The molecule has 29 heavy (non-hydrogen) atoms. The highest BCUT2D eigenvalue weighted by atomic mass is 35.5. The largest absolute Gasteiger partial charge is 0.457 e. The van der Waals surface area contributed by atoms with E-state index in [-0.39, 0.29) is 11.8 Å². The third-order valence-corrected chi connectivity index (χ3v) is 6.29. The van der Waals surface area contributed by atoms with Gasteiger partial charge in [0.1, 0.15) is 11.5 Å². The topological polar surface area (TPSA) is 66.1 Å². The summed E-state index contributed by atoms with van der Waals surface area (Å²) in [6.45, 7) is 4.14. The van der Waals surface area contributed by atoms with Crippen LogP contribution in [0.1, 0.15) is 12.7 Å². The SMILES string of the molecule is CC(=O)N1CCN(C2=NC(=O)/C(=C/c3ccc(-c4ccc(Cl)cc4Cl)o3)S2)CC1. The van der Waals surface area contributed by atoms with Crippen molar-refractivity contribution in [2.75, 3.05) is 26.2 Å². The van der Waals surface area contributed by atoms with Crippen molar-refractivity contribution >= 4 is 58.0 Å². The van der Waals surface area contributed by atoms with E-state index in [4.69, 9.17) is 27.6 Å². The van der Waals surface area contributed by atoms with Crippen LogP contribution in [0.25, 0.3) is 17.4 Å². The van der Waals surface area contributed by atoms with E-state index < -0.39 is 0 Å². The minimum Gasteiger partial charge on any atom is -0.457 e. The summed E-state index contributed by atoms with van der Waals surface area (Å²) < 4.78 is 5.84. The molecule has 4 rings (SSSR count). The molecule has 1 aromatic heterocycles. The zero-order valence-electron chi connectivity index (χ0n) is 15.5. The molecule has 2 aliphatic rings. The summed E-state index contributed by atoms with van der Waals surface area (Å²) in [7, 11) is 0. The first kappa shape index (κ1) is 20.1. The Kier molecular flexibility index (Phi) is 5.72. The lowest BCUT2D eigenvalue weighted by Crippen LogP contribution is -2.49. The number of amides is 2. The molecule has 1 saturated heterocycles. The molecular weight excluding hydrogens is 433 g/mol. The van der Waals surface area contributed by atoms with Gasteiger partial charge in [0.2, 0.25) is 5.91 Å². The number of amidine groups is 1. The highest BCUT2D eigenvalue weighted by Gasteiger charge is 2.29. The molecule has 3 heterocycles. The van der Waals surface area contributed by atoms with E-state index in [0.29, 0.717) is 57.8 Å². The number of hydrogen-bond acceptors (Lipinski definition) is 5. The Labute approximate surface area is 182 Å². The van der Waals surface area contributed by atoms with E-state index in [1.165, 1.54) is 11.8 Å². The molecule has 150 valence electrons. The second-order valence-corrected chi connectivity index (χ2v) is 8.48. The van der Waals surface area contributed by atoms with Gasteiger partial charge in [0.15, 0.2) is 5.17 Å². The molecule has 9 heteroatoms. The van der Waals surface area contributed by atoms with Crippen molar-refractivity contribution < 1.29 is 14.0 Å². The first-order chi connectivity index (χ1) is 13.9. The maximum Gasteiger partial charge on any atom is 0.286 e. The molecule has 0 bridgehead atoms. The van der Waals surface area contributed by atoms with Crippen LogP contribution in [0.5, 0.6) is 0 Å². The number of thioether (sulfide) groups is 1. The molecule has 6 nitrogen and oxygen atoms in total. The van der Waals surface area contributed by atoms with Gasteiger partial charge in [0, 0.05) is 49.8 Å². The fraction of sp³-hybridized carbons (Fsp3) is 0.250. The maximum absolute atomic E-state index is 12.3. The molecular formula is C20H17Cl2N3O3S. The third kappa shape index (κ3) is 4.37. The second-order valence-electron chi connectivity index (χ2n) is 6.63. The fourth-order valence-electron chi connectivity index (χ4n) is 3.14. The smallest absolute Gasteiger partial charge is 0.286 e. The summed E-state index contributed by atoms with van der Waals surface area (Å²) in [6.07, 6.45) is 1.68. The molecule has 1 aromatic carbocycles. The summed E-state index contributed by atoms with van der Waals surface area (Å²) in [5.41, 5.74) is 0.728. The van der Waals surface area contributed by atoms with E-state index in [1.54, 1.807) is 48.2 Å². The number of halogens is 2. The van der Waals surface area contributed by atoms with Crippen molar-refractivity contribution in [3.63, 3.8) is 0 Å². The maximum atomic E-state index is 12.3. The predicted molar refractivity (Wildman–Crippen MR) is 116 cm³/mol. The Morgan fingerprint density at radius 1 is 1.17 bits per heavy atom. The third-order valence-electron chi connectivity index (χ3n) is 4.70. The lowest BCUT2D eigenvalue weighted by molar-refractivity contribution is -0.130. The lowest BCUT2D eigenvalue weighted by Gasteiger charge is -2.34. The molecule has 0 unspecified atom stereocenters. The monoisotopic (exact) mass is 449 g/mol. The van der Waals surface area contributed by atoms with Crippen LogP contribution in [0.15, 0.2) is 44.6 Å². The first-order valence-corrected chi connectivity index (χ1v) is 10.6. The van der Waals surface area contributed by atoms with E-state index in [9.17, 15) is 9.59 Å². The van der Waals surface area contributed by atoms with E-state index in [1.807, 2.05) is 4.90 Å². The van der Waals surface area contributed by atoms with Crippen molar-refractivity contribution in [1.82, 2.24) is 9.80 Å². The van der Waals surface area contributed by atoms with Crippen molar-refractivity contribution in [2.45, 2.75) is 6.92 Å². The zero-order chi connectivity index (χ0) is 20.5. The summed E-state index contributed by atoms with van der Waals surface area (Å²) in [6, 6.07) is 8.77. The van der Waals surface area contributed by atoms with Crippen LogP contribution in [0.3, 0.4) is 0 Å². The van der Waals surface area contributed by atoms with Gasteiger partial charge in [0.25, 0.3) is 5.91 Å². The van der Waals surface area contributed by atoms with Gasteiger partial charge in [-0.3, -0.25) is 9.59 Å². The van der Waals surface area contributed by atoms with Gasteiger partial charge in [-0.15, -0.1) is 0 Å². The number of benzene rings is 1. The van der Waals surface area contributed by atoms with Crippen LogP contribution in [0, 0.1) is 0 Å². The van der Waals surface area contributed by atoms with Gasteiger partial charge in [-0.2, -0.15) is 4.99 Å². The van der Waals surface area contributed by atoms with Crippen LogP contribution in [-0.4, -0.2) is 53.0 Å². The molecule has 0 aliphatic carbocycles. The fourth-order valence-corrected chi connectivity index (χ4v) is 4.59. The Morgan fingerprint density at radius 3 is 2.62 bits per heavy atom. The van der Waals surface area contributed by atoms with Gasteiger partial charge >= 0.3 is 0 Å². The Hall–Kier alpha value is -2.22. The number of piperazine rings is 1. The molecule has 1 fully saturated rings. The summed E-state index contributed by atoms with van der Waals surface area (Å²) in [5, 5.41) is 1.71. The average Bonchev–Trinajstić information content (AvgIpc) is 3.29. The number of aliphatic imine (C=N–C) groups is 1. The molecule has 2 aromatic rings. The normalized spacial score (nSPS) is 18.5. The second kappa shape index (κ2) is 8.26. The van der Waals surface area contributed by atoms with Gasteiger partial charge in [-0.05, 0) is 42.1 Å². The summed E-state index contributed by atoms with van der Waals surface area (Å²) in [4.78, 5) is 32.3. The number of carbonyl (C=O) groups excluding carboxylic acids is 2. The van der Waals surface area contributed by atoms with Crippen molar-refractivity contribution in [3.05, 3.63) is 51.0 Å². The van der Waals surface area contributed by atoms with Crippen LogP contribution in [0.2, 0.25) is 10.0 Å². The average molecular weight is 450 g/mol. The molecule has 0 saturated carbocycles. The van der Waals surface area contributed by atoms with Gasteiger partial charge in [-0.1, -0.05) is 23.2 Å². The quantitative estimate of drug-likeness (QED) is 0.636. The number of furan rings is 1. The van der Waals surface area contributed by atoms with Crippen molar-refractivity contribution in [2.24, 2.45) is 4.99 Å². The molecule has 0 spiro atoms. The highest BCUT2D eigenvalue weighted by Crippen LogP contribution is 2.34. The standard InChI is InChI=1S/C20H17Cl2N3O3S/c1-12(26)24-6-8-25(9-7-24)20-23-19(27)18(29-20)11-14-3-5-17(28-14)15-4-2-13(21)10-16(15)22/h2-5,10-11H,6-9H2,1H3/b18-11-. The first-order valence-electron chi connectivity index (χ1n) is 8.99. The molecule has 0 radical (unpaired) electrons. The Morgan fingerprint density at radius 2 is 1.93 bits per heavy atom. The zero-order valence-corrected chi connectivity index (χ0v) is 17.9. The number of nitrogens with zero attached hydrogens (tertiary/aromatic N) is 3. The van der Waals surface area contributed by atoms with Crippen molar-refractivity contribution in [3.8, 4) is 11.3 Å². The Balaban J connectivity index is 1.46. The van der Waals surface area contributed by atoms with Crippen LogP contribution in [0.4, 0.5) is 0 Å². The van der Waals surface area contributed by atoms with E-state index in [2.05, 4.69) is 4.99 Å². The lowest BCUT2D eigenvalue weighted by atomic mass is 10.2. The van der Waals surface area contributed by atoms with Crippen LogP contribution < -0.4 is 0 Å². The van der Waals surface area contributed by atoms with E-state index in [0.717, 1.165) is 5.56 Å². The number of rotatable bonds is 2. The van der Waals surface area contributed by atoms with E-state index >= 15 is 0 Å². The molecule has 2 aliphatic heterocycles. The van der Waals surface area contributed by atoms with Gasteiger partial charge < -0.3 is 14.2 Å². The van der Waals surface area contributed by atoms with Gasteiger partial charge in [-0.25, -0.2) is 0 Å². The number of hydrogen-bond donors (Lipinski definition) is 0. The van der Waals surface area contributed by atoms with Crippen molar-refractivity contribution in [1.29, 1.82) is 0 Å². The predicted octanol–water partition coefficient (Wildman–Crippen LogP) is 4.39.